The van der Waals surface area contributed by atoms with Crippen LogP contribution in [0.25, 0.3) is 0 Å². The molecule has 136 valence electrons. The molecule has 1 aliphatic heterocycles. The maximum absolute atomic E-state index is 12.2. The van der Waals surface area contributed by atoms with Gasteiger partial charge in [0, 0.05) is 13.0 Å². The minimum Gasteiger partial charge on any atom is -0.391 e. The van der Waals surface area contributed by atoms with Gasteiger partial charge in [-0.15, -0.1) is 0 Å². The van der Waals surface area contributed by atoms with Gasteiger partial charge in [-0.2, -0.15) is 0 Å². The Morgan fingerprint density at radius 3 is 2.42 bits per heavy atom. The van der Waals surface area contributed by atoms with E-state index in [0.29, 0.717) is 19.4 Å². The van der Waals surface area contributed by atoms with Crippen LogP contribution in [-0.2, 0) is 14.4 Å². The molecular formula is C15H26N4O5. The third-order valence-electron chi connectivity index (χ3n) is 3.69. The van der Waals surface area contributed by atoms with Crippen molar-refractivity contribution < 1.29 is 24.3 Å². The molecule has 0 aromatic heterocycles. The second kappa shape index (κ2) is 8.62. The lowest BCUT2D eigenvalue weighted by atomic mass is 10.1. The third kappa shape index (κ3) is 5.19. The van der Waals surface area contributed by atoms with E-state index >= 15 is 0 Å². The maximum atomic E-state index is 12.2. The van der Waals surface area contributed by atoms with Gasteiger partial charge in [0.25, 0.3) is 5.91 Å². The zero-order chi connectivity index (χ0) is 18.4. The summed E-state index contributed by atoms with van der Waals surface area (Å²) in [4.78, 5) is 48.0. The fourth-order valence-corrected chi connectivity index (χ4v) is 2.50. The van der Waals surface area contributed by atoms with Crippen molar-refractivity contribution in [1.82, 2.24) is 15.5 Å². The predicted molar refractivity (Wildman–Crippen MR) is 85.5 cm³/mol. The highest BCUT2D eigenvalue weighted by atomic mass is 16.3. The highest BCUT2D eigenvalue weighted by Gasteiger charge is 2.45. The van der Waals surface area contributed by atoms with Crippen molar-refractivity contribution >= 4 is 23.8 Å². The van der Waals surface area contributed by atoms with E-state index in [1.165, 1.54) is 6.92 Å². The number of carbonyl (C=O) groups excluding carboxylic acids is 4. The number of hydrogen-bond acceptors (Lipinski definition) is 5. The number of amides is 5. The van der Waals surface area contributed by atoms with E-state index in [-0.39, 0.29) is 18.2 Å². The first-order valence-corrected chi connectivity index (χ1v) is 8.02. The van der Waals surface area contributed by atoms with E-state index in [4.69, 9.17) is 5.73 Å². The van der Waals surface area contributed by atoms with Crippen LogP contribution < -0.4 is 16.4 Å². The Morgan fingerprint density at radius 2 is 1.96 bits per heavy atom. The number of rotatable bonds is 9. The molecule has 24 heavy (non-hydrogen) atoms. The summed E-state index contributed by atoms with van der Waals surface area (Å²) in [7, 11) is 0. The standard InChI is InChI=1S/C15H26N4O5/c1-8(2)7-11(21)17-6-4-5-10(13(16)22)19-14(23)12(9(3)20)18-15(19)24/h8-10,12,20H,4-7H2,1-3H3,(H2,16,22)(H,17,21)(H,18,24). The zero-order valence-corrected chi connectivity index (χ0v) is 14.2. The Morgan fingerprint density at radius 1 is 1.33 bits per heavy atom. The molecule has 0 bridgehead atoms. The lowest BCUT2D eigenvalue weighted by Gasteiger charge is -2.22. The molecule has 1 fully saturated rings. The van der Waals surface area contributed by atoms with Crippen molar-refractivity contribution in [3.05, 3.63) is 0 Å². The Labute approximate surface area is 140 Å². The molecule has 3 atom stereocenters. The number of nitrogens with zero attached hydrogens (tertiary/aromatic N) is 1. The molecule has 0 radical (unpaired) electrons. The van der Waals surface area contributed by atoms with Crippen molar-refractivity contribution in [3.8, 4) is 0 Å². The lowest BCUT2D eigenvalue weighted by molar-refractivity contribution is -0.136. The van der Waals surface area contributed by atoms with Gasteiger partial charge in [-0.3, -0.25) is 14.4 Å². The lowest BCUT2D eigenvalue weighted by Crippen LogP contribution is -2.49. The number of nitrogens with one attached hydrogen (secondary N) is 2. The van der Waals surface area contributed by atoms with Gasteiger partial charge in [-0.1, -0.05) is 13.8 Å². The molecule has 0 aromatic rings. The molecular weight excluding hydrogens is 316 g/mol. The summed E-state index contributed by atoms with van der Waals surface area (Å²) in [6.07, 6.45) is -0.144. The van der Waals surface area contributed by atoms with Gasteiger partial charge in [-0.05, 0) is 25.7 Å². The molecule has 1 rings (SSSR count). The molecule has 1 saturated heterocycles. The summed E-state index contributed by atoms with van der Waals surface area (Å²) >= 11 is 0. The van der Waals surface area contributed by atoms with E-state index < -0.39 is 36.0 Å². The van der Waals surface area contributed by atoms with Gasteiger partial charge in [-0.25, -0.2) is 9.69 Å². The maximum Gasteiger partial charge on any atom is 0.325 e. The molecule has 5 amide bonds. The molecule has 0 saturated carbocycles. The number of carbonyl (C=O) groups is 4. The zero-order valence-electron chi connectivity index (χ0n) is 14.2. The summed E-state index contributed by atoms with van der Waals surface area (Å²) < 4.78 is 0. The summed E-state index contributed by atoms with van der Waals surface area (Å²) in [6, 6.07) is -2.94. The summed E-state index contributed by atoms with van der Waals surface area (Å²) in [6.45, 7) is 5.55. The number of hydrogen-bond donors (Lipinski definition) is 4. The number of aliphatic hydroxyl groups is 1. The van der Waals surface area contributed by atoms with Crippen LogP contribution in [0.3, 0.4) is 0 Å². The van der Waals surface area contributed by atoms with Crippen molar-refractivity contribution in [3.63, 3.8) is 0 Å². The number of aliphatic hydroxyl groups excluding tert-OH is 1. The van der Waals surface area contributed by atoms with E-state index in [0.717, 1.165) is 4.90 Å². The minimum absolute atomic E-state index is 0.0928. The van der Waals surface area contributed by atoms with Crippen LogP contribution in [0.4, 0.5) is 4.79 Å². The molecule has 9 nitrogen and oxygen atoms in total. The highest BCUT2D eigenvalue weighted by molar-refractivity contribution is 6.07. The number of imide groups is 1. The average Bonchev–Trinajstić information content (AvgIpc) is 2.74. The highest BCUT2D eigenvalue weighted by Crippen LogP contribution is 2.16. The molecule has 0 aromatic carbocycles. The van der Waals surface area contributed by atoms with Gasteiger partial charge in [0.2, 0.25) is 11.8 Å². The number of primary amides is 1. The summed E-state index contributed by atoms with van der Waals surface area (Å²) in [5.74, 6) is -1.34. The summed E-state index contributed by atoms with van der Waals surface area (Å²) in [5.41, 5.74) is 5.31. The molecule has 0 spiro atoms. The first-order valence-electron chi connectivity index (χ1n) is 8.02. The van der Waals surface area contributed by atoms with Crippen LogP contribution in [0.2, 0.25) is 0 Å². The second-order valence-electron chi connectivity index (χ2n) is 6.38. The van der Waals surface area contributed by atoms with Crippen LogP contribution >= 0.6 is 0 Å². The SMILES string of the molecule is CC(C)CC(=O)NCCCC(C(N)=O)N1C(=O)NC(C(C)O)C1=O. The topological polar surface area (TPSA) is 142 Å². The van der Waals surface area contributed by atoms with E-state index in [1.807, 2.05) is 13.8 Å². The van der Waals surface area contributed by atoms with Crippen molar-refractivity contribution in [2.75, 3.05) is 6.54 Å². The Kier molecular flexibility index (Phi) is 7.15. The van der Waals surface area contributed by atoms with Crippen LogP contribution in [0, 0.1) is 5.92 Å². The van der Waals surface area contributed by atoms with Crippen LogP contribution in [0.1, 0.15) is 40.0 Å². The fourth-order valence-electron chi connectivity index (χ4n) is 2.50. The average molecular weight is 342 g/mol. The van der Waals surface area contributed by atoms with Crippen LogP contribution in [0.5, 0.6) is 0 Å². The first kappa shape index (κ1) is 19.9. The van der Waals surface area contributed by atoms with E-state index in [2.05, 4.69) is 10.6 Å². The van der Waals surface area contributed by atoms with Gasteiger partial charge in [0.05, 0.1) is 6.10 Å². The van der Waals surface area contributed by atoms with E-state index in [1.54, 1.807) is 0 Å². The van der Waals surface area contributed by atoms with Gasteiger partial charge >= 0.3 is 6.03 Å². The minimum atomic E-state index is -1.11. The van der Waals surface area contributed by atoms with Gasteiger partial charge in [0.1, 0.15) is 12.1 Å². The Hall–Kier alpha value is -2.16. The molecule has 1 aliphatic rings. The Balaban J connectivity index is 2.59. The summed E-state index contributed by atoms with van der Waals surface area (Å²) in [5, 5.41) is 14.5. The van der Waals surface area contributed by atoms with Crippen molar-refractivity contribution in [2.45, 2.75) is 58.2 Å². The van der Waals surface area contributed by atoms with Crippen LogP contribution in [0.15, 0.2) is 0 Å². The third-order valence-corrected chi connectivity index (χ3v) is 3.69. The Bertz CT molecular complexity index is 506. The van der Waals surface area contributed by atoms with E-state index in [9.17, 15) is 24.3 Å². The quantitative estimate of drug-likeness (QED) is 0.317. The molecule has 0 aliphatic carbocycles. The largest absolute Gasteiger partial charge is 0.391 e. The molecule has 5 N–H and O–H groups in total. The fraction of sp³-hybridized carbons (Fsp3) is 0.733. The number of nitrogens with two attached hydrogens (primary N) is 1. The van der Waals surface area contributed by atoms with Gasteiger partial charge in [0.15, 0.2) is 0 Å². The normalized spacial score (nSPS) is 20.0. The predicted octanol–water partition coefficient (Wildman–Crippen LogP) is -0.916. The molecule has 1 heterocycles. The van der Waals surface area contributed by atoms with Crippen molar-refractivity contribution in [1.29, 1.82) is 0 Å². The second-order valence-corrected chi connectivity index (χ2v) is 6.38. The van der Waals surface area contributed by atoms with Gasteiger partial charge < -0.3 is 21.5 Å². The number of urea groups is 1. The van der Waals surface area contributed by atoms with Crippen molar-refractivity contribution in [2.24, 2.45) is 11.7 Å². The first-order chi connectivity index (χ1) is 11.1. The smallest absolute Gasteiger partial charge is 0.325 e. The molecule has 9 heteroatoms. The van der Waals surface area contributed by atoms with Crippen LogP contribution in [-0.4, -0.2) is 58.5 Å². The monoisotopic (exact) mass is 342 g/mol. The molecule has 3 unspecified atom stereocenters.